The van der Waals surface area contributed by atoms with Gasteiger partial charge < -0.3 is 15.7 Å². The van der Waals surface area contributed by atoms with Gasteiger partial charge in [-0.2, -0.15) is 0 Å². The molecule has 0 aromatic heterocycles. The number of phenolic OH excluding ortho intramolecular Hbond substituents is 1. The molecule has 0 aliphatic rings. The van der Waals surface area contributed by atoms with Crippen LogP contribution in [-0.2, 0) is 6.54 Å². The van der Waals surface area contributed by atoms with Gasteiger partial charge in [-0.15, -0.1) is 0 Å². The molecule has 0 spiro atoms. The summed E-state index contributed by atoms with van der Waals surface area (Å²) in [7, 11) is 0. The zero-order valence-electron chi connectivity index (χ0n) is 12.2. The lowest BCUT2D eigenvalue weighted by Crippen LogP contribution is -2.28. The van der Waals surface area contributed by atoms with Crippen molar-refractivity contribution in [2.45, 2.75) is 6.54 Å². The summed E-state index contributed by atoms with van der Waals surface area (Å²) in [6.45, 7) is 0.440. The molecule has 0 aliphatic heterocycles. The van der Waals surface area contributed by atoms with Crippen LogP contribution in [0, 0.1) is 0 Å². The van der Waals surface area contributed by atoms with Crippen molar-refractivity contribution in [3.05, 3.63) is 70.7 Å². The maximum absolute atomic E-state index is 12.1. The van der Waals surface area contributed by atoms with Crippen molar-refractivity contribution in [2.75, 3.05) is 5.32 Å². The van der Waals surface area contributed by atoms with E-state index >= 15 is 0 Å². The van der Waals surface area contributed by atoms with Crippen LogP contribution in [0.4, 0.5) is 10.5 Å². The van der Waals surface area contributed by atoms with E-state index in [1.807, 2.05) is 36.4 Å². The topological polar surface area (TPSA) is 61.4 Å². The van der Waals surface area contributed by atoms with Crippen molar-refractivity contribution in [3.63, 3.8) is 0 Å². The van der Waals surface area contributed by atoms with E-state index < -0.39 is 0 Å². The molecule has 0 saturated carbocycles. The van der Waals surface area contributed by atoms with Crippen LogP contribution in [0.5, 0.6) is 5.75 Å². The number of urea groups is 1. The van der Waals surface area contributed by atoms with Crippen molar-refractivity contribution in [1.82, 2.24) is 5.32 Å². The van der Waals surface area contributed by atoms with Crippen LogP contribution in [-0.4, -0.2) is 11.1 Å². The molecule has 3 rings (SSSR count). The van der Waals surface area contributed by atoms with Crippen LogP contribution in [0.25, 0.3) is 10.8 Å². The Bertz CT molecular complexity index is 847. The average Bonchev–Trinajstić information content (AvgIpc) is 2.55. The molecule has 0 radical (unpaired) electrons. The predicted molar refractivity (Wildman–Crippen MR) is 95.6 cm³/mol. The summed E-state index contributed by atoms with van der Waals surface area (Å²) in [6, 6.07) is 18.1. The van der Waals surface area contributed by atoms with Gasteiger partial charge in [-0.3, -0.25) is 0 Å². The molecule has 5 heteroatoms. The van der Waals surface area contributed by atoms with E-state index in [-0.39, 0.29) is 11.8 Å². The Kier molecular flexibility index (Phi) is 4.48. The number of halogens is 1. The Labute approximate surface area is 142 Å². The van der Waals surface area contributed by atoms with Gasteiger partial charge in [0.25, 0.3) is 0 Å². The predicted octanol–water partition coefficient (Wildman–Crippen LogP) is 4.63. The Balaban J connectivity index is 1.71. The summed E-state index contributed by atoms with van der Waals surface area (Å²) in [5, 5.41) is 17.0. The fourth-order valence-corrected chi connectivity index (χ4v) is 2.62. The smallest absolute Gasteiger partial charge is 0.319 e. The molecule has 0 heterocycles. The highest BCUT2D eigenvalue weighted by Crippen LogP contribution is 2.29. The zero-order valence-corrected chi connectivity index (χ0v) is 13.8. The lowest BCUT2D eigenvalue weighted by atomic mass is 10.1. The Morgan fingerprint density at radius 1 is 0.957 bits per heavy atom. The third-order valence-corrected chi connectivity index (χ3v) is 4.04. The molecule has 0 fully saturated rings. The zero-order chi connectivity index (χ0) is 16.2. The minimum Gasteiger partial charge on any atom is -0.507 e. The minimum absolute atomic E-state index is 0.196. The molecule has 116 valence electrons. The quantitative estimate of drug-likeness (QED) is 0.629. The van der Waals surface area contributed by atoms with Crippen LogP contribution in [0.2, 0.25) is 0 Å². The first kappa shape index (κ1) is 15.4. The van der Waals surface area contributed by atoms with E-state index in [1.54, 1.807) is 24.3 Å². The van der Waals surface area contributed by atoms with Gasteiger partial charge >= 0.3 is 6.03 Å². The van der Waals surface area contributed by atoms with Gasteiger partial charge in [0.15, 0.2) is 0 Å². The SMILES string of the molecule is O=C(NCc1ccc(Br)cc1)Nc1cccc2c(O)cccc12. The number of aromatic hydroxyl groups is 1. The molecule has 3 aromatic rings. The summed E-state index contributed by atoms with van der Waals surface area (Å²) in [4.78, 5) is 12.1. The molecule has 0 unspecified atom stereocenters. The van der Waals surface area contributed by atoms with Crippen molar-refractivity contribution < 1.29 is 9.90 Å². The van der Waals surface area contributed by atoms with Crippen LogP contribution >= 0.6 is 15.9 Å². The molecule has 0 atom stereocenters. The first-order valence-corrected chi connectivity index (χ1v) is 7.93. The van der Waals surface area contributed by atoms with Gasteiger partial charge in [-0.25, -0.2) is 4.79 Å². The molecule has 3 N–H and O–H groups in total. The largest absolute Gasteiger partial charge is 0.507 e. The molecule has 2 amide bonds. The maximum atomic E-state index is 12.1. The Hall–Kier alpha value is -2.53. The average molecular weight is 371 g/mol. The first-order valence-electron chi connectivity index (χ1n) is 7.13. The summed E-state index contributed by atoms with van der Waals surface area (Å²) in [5.74, 6) is 0.196. The highest BCUT2D eigenvalue weighted by atomic mass is 79.9. The second-order valence-corrected chi connectivity index (χ2v) is 6.03. The highest BCUT2D eigenvalue weighted by Gasteiger charge is 2.07. The van der Waals surface area contributed by atoms with E-state index in [0.717, 1.165) is 15.4 Å². The number of hydrogen-bond donors (Lipinski definition) is 3. The number of anilines is 1. The van der Waals surface area contributed by atoms with Gasteiger partial charge in [-0.1, -0.05) is 52.3 Å². The van der Waals surface area contributed by atoms with Crippen LogP contribution in [0.3, 0.4) is 0 Å². The minimum atomic E-state index is -0.288. The highest BCUT2D eigenvalue weighted by molar-refractivity contribution is 9.10. The van der Waals surface area contributed by atoms with E-state index in [1.165, 1.54) is 0 Å². The second kappa shape index (κ2) is 6.71. The van der Waals surface area contributed by atoms with Gasteiger partial charge in [0.2, 0.25) is 0 Å². The summed E-state index contributed by atoms with van der Waals surface area (Å²) >= 11 is 3.38. The van der Waals surface area contributed by atoms with Crippen molar-refractivity contribution >= 4 is 38.4 Å². The summed E-state index contributed by atoms with van der Waals surface area (Å²) in [5.41, 5.74) is 1.67. The van der Waals surface area contributed by atoms with E-state index in [2.05, 4.69) is 26.6 Å². The van der Waals surface area contributed by atoms with Gasteiger partial charge in [0.05, 0.1) is 5.69 Å². The van der Waals surface area contributed by atoms with Crippen molar-refractivity contribution in [1.29, 1.82) is 0 Å². The van der Waals surface area contributed by atoms with Gasteiger partial charge in [0.1, 0.15) is 5.75 Å². The fraction of sp³-hybridized carbons (Fsp3) is 0.0556. The Morgan fingerprint density at radius 2 is 1.65 bits per heavy atom. The third kappa shape index (κ3) is 3.63. The monoisotopic (exact) mass is 370 g/mol. The third-order valence-electron chi connectivity index (χ3n) is 3.51. The van der Waals surface area contributed by atoms with Crippen molar-refractivity contribution in [3.8, 4) is 5.75 Å². The van der Waals surface area contributed by atoms with Gasteiger partial charge in [0, 0.05) is 21.8 Å². The van der Waals surface area contributed by atoms with Gasteiger partial charge in [-0.05, 0) is 29.8 Å². The molecule has 0 saturated heterocycles. The number of hydrogen-bond acceptors (Lipinski definition) is 2. The normalized spacial score (nSPS) is 10.5. The Morgan fingerprint density at radius 3 is 2.43 bits per heavy atom. The van der Waals surface area contributed by atoms with Crippen LogP contribution in [0.15, 0.2) is 65.1 Å². The number of rotatable bonds is 3. The van der Waals surface area contributed by atoms with Crippen LogP contribution in [0.1, 0.15) is 5.56 Å². The van der Waals surface area contributed by atoms with E-state index in [0.29, 0.717) is 17.6 Å². The second-order valence-electron chi connectivity index (χ2n) is 5.11. The molecule has 0 bridgehead atoms. The molecule has 0 aliphatic carbocycles. The standard InChI is InChI=1S/C18H15BrN2O2/c19-13-9-7-12(8-10-13)11-20-18(23)21-16-5-1-4-15-14(16)3-2-6-17(15)22/h1-10,22H,11H2,(H2,20,21,23). The number of nitrogens with one attached hydrogen (secondary N) is 2. The molecule has 23 heavy (non-hydrogen) atoms. The molecule has 4 nitrogen and oxygen atoms in total. The number of carbonyl (C=O) groups is 1. The number of benzene rings is 3. The maximum Gasteiger partial charge on any atom is 0.319 e. The number of phenols is 1. The number of carbonyl (C=O) groups excluding carboxylic acids is 1. The fourth-order valence-electron chi connectivity index (χ4n) is 2.35. The molecule has 3 aromatic carbocycles. The lowest BCUT2D eigenvalue weighted by molar-refractivity contribution is 0.252. The van der Waals surface area contributed by atoms with E-state index in [4.69, 9.17) is 0 Å². The first-order chi connectivity index (χ1) is 11.1. The van der Waals surface area contributed by atoms with Crippen molar-refractivity contribution in [2.24, 2.45) is 0 Å². The number of amides is 2. The summed E-state index contributed by atoms with van der Waals surface area (Å²) < 4.78 is 1.00. The van der Waals surface area contributed by atoms with Crippen LogP contribution < -0.4 is 10.6 Å². The van der Waals surface area contributed by atoms with E-state index in [9.17, 15) is 9.90 Å². The summed E-state index contributed by atoms with van der Waals surface area (Å²) in [6.07, 6.45) is 0. The molecular weight excluding hydrogens is 356 g/mol. The number of fused-ring (bicyclic) bond motifs is 1. The lowest BCUT2D eigenvalue weighted by Gasteiger charge is -2.11. The molecular formula is C18H15BrN2O2.